The van der Waals surface area contributed by atoms with Gasteiger partial charge in [-0.05, 0) is 62.4 Å². The van der Waals surface area contributed by atoms with E-state index < -0.39 is 35.8 Å². The van der Waals surface area contributed by atoms with Gasteiger partial charge in [0.15, 0.2) is 12.2 Å². The van der Waals surface area contributed by atoms with Crippen molar-refractivity contribution in [3.05, 3.63) is 59.9 Å². The maximum atomic E-state index is 12.9. The highest BCUT2D eigenvalue weighted by Crippen LogP contribution is 2.14. The summed E-state index contributed by atoms with van der Waals surface area (Å²) in [5.74, 6) is -2.00. The Morgan fingerprint density at radius 1 is 0.963 bits per heavy atom. The highest BCUT2D eigenvalue weighted by Gasteiger charge is 2.23. The van der Waals surface area contributed by atoms with Gasteiger partial charge in [0.1, 0.15) is 11.6 Å². The van der Waals surface area contributed by atoms with Gasteiger partial charge in [0.2, 0.25) is 5.91 Å². The van der Waals surface area contributed by atoms with Crippen molar-refractivity contribution in [1.29, 1.82) is 0 Å². The molecule has 2 aromatic rings. The molecule has 3 N–H and O–H groups in total. The van der Waals surface area contributed by atoms with Gasteiger partial charge in [-0.2, -0.15) is 0 Å². The molecule has 2 rings (SSSR count). The lowest BCUT2D eigenvalue weighted by Gasteiger charge is -2.18. The Balaban J connectivity index is 1.87. The number of hydrogen-bond acceptors (Lipinski definition) is 5. The number of carbonyl (C=O) groups excluding carboxylic acids is 3. The van der Waals surface area contributed by atoms with Crippen molar-refractivity contribution >= 4 is 23.5 Å². The van der Waals surface area contributed by atoms with Gasteiger partial charge in [-0.25, -0.2) is 9.18 Å². The molecule has 0 fully saturated rings. The van der Waals surface area contributed by atoms with Crippen LogP contribution in [0.25, 0.3) is 0 Å². The van der Waals surface area contributed by atoms with Crippen LogP contribution in [0.15, 0.2) is 48.5 Å². The lowest BCUT2D eigenvalue weighted by molar-refractivity contribution is -0.159. The standard InChI is InChI=1S/C19H19FN2O5/c1-11(18(24)22-15-7-3-13(4-8-15)17(21)23)27-19(25)12(2)26-16-9-5-14(20)6-10-16/h3-12H,1-2H3,(H2,21,23)(H,22,24)/t11-,12+/m0/s1. The topological polar surface area (TPSA) is 108 Å². The van der Waals surface area contributed by atoms with E-state index in [0.717, 1.165) is 0 Å². The summed E-state index contributed by atoms with van der Waals surface area (Å²) in [7, 11) is 0. The molecule has 0 aliphatic rings. The SMILES string of the molecule is C[C@H](OC(=O)[C@@H](C)Oc1ccc(F)cc1)C(=O)Nc1ccc(C(N)=O)cc1. The Hall–Kier alpha value is -3.42. The summed E-state index contributed by atoms with van der Waals surface area (Å²) >= 11 is 0. The van der Waals surface area contributed by atoms with Crippen molar-refractivity contribution < 1.29 is 28.2 Å². The number of rotatable bonds is 7. The molecule has 0 aliphatic carbocycles. The van der Waals surface area contributed by atoms with Crippen molar-refractivity contribution in [2.45, 2.75) is 26.1 Å². The van der Waals surface area contributed by atoms with Crippen molar-refractivity contribution in [1.82, 2.24) is 0 Å². The highest BCUT2D eigenvalue weighted by atomic mass is 19.1. The molecule has 27 heavy (non-hydrogen) atoms. The fourth-order valence-electron chi connectivity index (χ4n) is 2.05. The van der Waals surface area contributed by atoms with Gasteiger partial charge in [0.05, 0.1) is 0 Å². The molecule has 2 amide bonds. The van der Waals surface area contributed by atoms with Gasteiger partial charge in [0.25, 0.3) is 5.91 Å². The van der Waals surface area contributed by atoms with Crippen LogP contribution in [0.1, 0.15) is 24.2 Å². The third-order valence-corrected chi connectivity index (χ3v) is 3.56. The first-order valence-corrected chi connectivity index (χ1v) is 8.09. The second-order valence-corrected chi connectivity index (χ2v) is 5.72. The lowest BCUT2D eigenvalue weighted by atomic mass is 10.2. The van der Waals surface area contributed by atoms with E-state index in [9.17, 15) is 18.8 Å². The summed E-state index contributed by atoms with van der Waals surface area (Å²) < 4.78 is 23.3. The number of halogens is 1. The Kier molecular flexibility index (Phi) is 6.48. The van der Waals surface area contributed by atoms with Crippen LogP contribution >= 0.6 is 0 Å². The van der Waals surface area contributed by atoms with E-state index in [2.05, 4.69) is 5.32 Å². The molecule has 0 aliphatic heterocycles. The fourth-order valence-corrected chi connectivity index (χ4v) is 2.05. The van der Waals surface area contributed by atoms with Gasteiger partial charge >= 0.3 is 5.97 Å². The molecule has 142 valence electrons. The van der Waals surface area contributed by atoms with Crippen LogP contribution in [0, 0.1) is 5.82 Å². The zero-order chi connectivity index (χ0) is 20.0. The maximum Gasteiger partial charge on any atom is 0.347 e. The molecule has 7 nitrogen and oxygen atoms in total. The Morgan fingerprint density at radius 3 is 2.11 bits per heavy atom. The fraction of sp³-hybridized carbons (Fsp3) is 0.211. The van der Waals surface area contributed by atoms with Crippen LogP contribution in [0.5, 0.6) is 5.75 Å². The molecule has 2 atom stereocenters. The van der Waals surface area contributed by atoms with Crippen LogP contribution < -0.4 is 15.8 Å². The average Bonchev–Trinajstić information content (AvgIpc) is 2.63. The monoisotopic (exact) mass is 374 g/mol. The predicted molar refractivity (Wildman–Crippen MR) is 95.6 cm³/mol. The van der Waals surface area contributed by atoms with Gasteiger partial charge in [-0.3, -0.25) is 9.59 Å². The van der Waals surface area contributed by atoms with Gasteiger partial charge in [-0.1, -0.05) is 0 Å². The number of hydrogen-bond donors (Lipinski definition) is 2. The zero-order valence-electron chi connectivity index (χ0n) is 14.8. The minimum atomic E-state index is -1.08. The molecule has 0 unspecified atom stereocenters. The number of nitrogens with two attached hydrogens (primary N) is 1. The number of amides is 2. The quantitative estimate of drug-likeness (QED) is 0.723. The molecule has 0 spiro atoms. The van der Waals surface area contributed by atoms with Crippen molar-refractivity contribution in [3.63, 3.8) is 0 Å². The van der Waals surface area contributed by atoms with E-state index in [4.69, 9.17) is 15.2 Å². The number of nitrogens with one attached hydrogen (secondary N) is 1. The van der Waals surface area contributed by atoms with Crippen molar-refractivity contribution in [2.24, 2.45) is 5.73 Å². The minimum Gasteiger partial charge on any atom is -0.479 e. The first-order chi connectivity index (χ1) is 12.8. The van der Waals surface area contributed by atoms with Crippen LogP contribution in [0.3, 0.4) is 0 Å². The third kappa shape index (κ3) is 5.81. The number of carbonyl (C=O) groups is 3. The summed E-state index contributed by atoms with van der Waals surface area (Å²) in [5.41, 5.74) is 5.87. The number of benzene rings is 2. The first-order valence-electron chi connectivity index (χ1n) is 8.09. The molecule has 0 saturated heterocycles. The van der Waals surface area contributed by atoms with Crippen LogP contribution in [0.2, 0.25) is 0 Å². The first kappa shape index (κ1) is 19.9. The van der Waals surface area contributed by atoms with E-state index in [1.165, 1.54) is 62.4 Å². The number of anilines is 1. The number of ether oxygens (including phenoxy) is 2. The van der Waals surface area contributed by atoms with E-state index in [1.54, 1.807) is 0 Å². The molecule has 0 heterocycles. The van der Waals surface area contributed by atoms with Gasteiger partial charge in [0, 0.05) is 11.3 Å². The Bertz CT molecular complexity index is 821. The van der Waals surface area contributed by atoms with E-state index in [1.807, 2.05) is 0 Å². The van der Waals surface area contributed by atoms with Crippen molar-refractivity contribution in [3.8, 4) is 5.75 Å². The number of primary amides is 1. The van der Waals surface area contributed by atoms with Crippen LogP contribution in [-0.4, -0.2) is 30.0 Å². The van der Waals surface area contributed by atoms with Gasteiger partial charge in [-0.15, -0.1) is 0 Å². The lowest BCUT2D eigenvalue weighted by Crippen LogP contribution is -2.35. The Labute approximate surface area is 155 Å². The molecule has 0 saturated carbocycles. The second-order valence-electron chi connectivity index (χ2n) is 5.72. The summed E-state index contributed by atoms with van der Waals surface area (Å²) in [4.78, 5) is 35.2. The van der Waals surface area contributed by atoms with Crippen LogP contribution in [0.4, 0.5) is 10.1 Å². The number of esters is 1. The molecule has 0 radical (unpaired) electrons. The Morgan fingerprint density at radius 2 is 1.56 bits per heavy atom. The third-order valence-electron chi connectivity index (χ3n) is 3.56. The molecular formula is C19H19FN2O5. The van der Waals surface area contributed by atoms with Crippen molar-refractivity contribution in [2.75, 3.05) is 5.32 Å². The predicted octanol–water partition coefficient (Wildman–Crippen LogP) is 2.26. The largest absolute Gasteiger partial charge is 0.479 e. The maximum absolute atomic E-state index is 12.9. The van der Waals surface area contributed by atoms with Gasteiger partial charge < -0.3 is 20.5 Å². The summed E-state index contributed by atoms with van der Waals surface area (Å²) in [5, 5.41) is 2.56. The van der Waals surface area contributed by atoms with E-state index in [-0.39, 0.29) is 0 Å². The summed E-state index contributed by atoms with van der Waals surface area (Å²) in [6.45, 7) is 2.87. The smallest absolute Gasteiger partial charge is 0.347 e. The average molecular weight is 374 g/mol. The molecular weight excluding hydrogens is 355 g/mol. The minimum absolute atomic E-state index is 0.299. The molecule has 0 aromatic heterocycles. The highest BCUT2D eigenvalue weighted by molar-refractivity contribution is 5.96. The van der Waals surface area contributed by atoms with E-state index in [0.29, 0.717) is 17.0 Å². The second kappa shape index (κ2) is 8.79. The summed E-state index contributed by atoms with van der Waals surface area (Å²) in [6.07, 6.45) is -2.06. The van der Waals surface area contributed by atoms with E-state index >= 15 is 0 Å². The zero-order valence-corrected chi connectivity index (χ0v) is 14.8. The molecule has 2 aromatic carbocycles. The molecule has 8 heteroatoms. The van der Waals surface area contributed by atoms with Crippen LogP contribution in [-0.2, 0) is 14.3 Å². The normalized spacial score (nSPS) is 12.6. The summed E-state index contributed by atoms with van der Waals surface area (Å²) in [6, 6.07) is 11.1. The molecule has 0 bridgehead atoms.